The fraction of sp³-hybridized carbons (Fsp3) is 0. The zero-order chi connectivity index (χ0) is 7.68. The standard InChI is InChI=1S/C9H5ClN.Li/c10-8-5-7-3-1-2-4-9(7)11-6-8;/h1-4,6H;/q-1;+1. The number of fused-ring (bicyclic) bond motifs is 1. The van der Waals surface area contributed by atoms with Crippen molar-refractivity contribution in [3.63, 3.8) is 0 Å². The molecule has 2 rings (SSSR count). The number of pyridine rings is 1. The summed E-state index contributed by atoms with van der Waals surface area (Å²) in [6.07, 6.45) is 1.60. The van der Waals surface area contributed by atoms with Gasteiger partial charge in [-0.05, 0) is 16.7 Å². The van der Waals surface area contributed by atoms with E-state index in [4.69, 9.17) is 11.6 Å². The average Bonchev–Trinajstić information content (AvgIpc) is 2.04. The molecule has 0 spiro atoms. The maximum atomic E-state index is 5.70. The van der Waals surface area contributed by atoms with Crippen LogP contribution in [-0.2, 0) is 0 Å². The van der Waals surface area contributed by atoms with Crippen LogP contribution in [-0.4, -0.2) is 4.98 Å². The topological polar surface area (TPSA) is 12.9 Å². The number of nitrogens with zero attached hydrogens (tertiary/aromatic N) is 1. The molecule has 0 radical (unpaired) electrons. The van der Waals surface area contributed by atoms with Gasteiger partial charge in [-0.1, -0.05) is 12.1 Å². The van der Waals surface area contributed by atoms with Crippen LogP contribution in [0, 0.1) is 6.07 Å². The van der Waals surface area contributed by atoms with Gasteiger partial charge in [0.25, 0.3) is 0 Å². The summed E-state index contributed by atoms with van der Waals surface area (Å²) in [6.45, 7) is 0. The molecule has 0 bridgehead atoms. The molecule has 0 saturated heterocycles. The summed E-state index contributed by atoms with van der Waals surface area (Å²) >= 11 is 5.70. The van der Waals surface area contributed by atoms with Gasteiger partial charge in [-0.3, -0.25) is 0 Å². The first kappa shape index (κ1) is 9.60. The second-order valence-corrected chi connectivity index (χ2v) is 2.66. The SMILES string of the molecule is Clc1[c-]c2ccccc2nc1.[Li+]. The molecular formula is C9H5ClLiN. The molecular weight excluding hydrogens is 164 g/mol. The van der Waals surface area contributed by atoms with Gasteiger partial charge >= 0.3 is 18.9 Å². The molecule has 1 nitrogen and oxygen atoms in total. The molecule has 1 aromatic carbocycles. The van der Waals surface area contributed by atoms with Crippen molar-refractivity contribution in [3.05, 3.63) is 41.6 Å². The van der Waals surface area contributed by atoms with Crippen LogP contribution in [0.4, 0.5) is 0 Å². The second kappa shape index (κ2) is 3.96. The number of aromatic nitrogens is 1. The number of hydrogen-bond acceptors (Lipinski definition) is 1. The summed E-state index contributed by atoms with van der Waals surface area (Å²) in [5.41, 5.74) is 0.928. The van der Waals surface area contributed by atoms with Crippen molar-refractivity contribution in [1.82, 2.24) is 4.98 Å². The van der Waals surface area contributed by atoms with Crippen molar-refractivity contribution in [1.29, 1.82) is 0 Å². The summed E-state index contributed by atoms with van der Waals surface area (Å²) < 4.78 is 0. The van der Waals surface area contributed by atoms with Gasteiger partial charge in [0, 0.05) is 0 Å². The molecule has 1 heterocycles. The Morgan fingerprint density at radius 3 is 2.83 bits per heavy atom. The molecule has 0 aliphatic rings. The monoisotopic (exact) mass is 169 g/mol. The van der Waals surface area contributed by atoms with Crippen molar-refractivity contribution < 1.29 is 18.9 Å². The normalized spacial score (nSPS) is 9.42. The molecule has 0 amide bonds. The predicted octanol–water partition coefficient (Wildman–Crippen LogP) is -0.308. The Bertz CT molecular complexity index is 389. The molecule has 0 aliphatic carbocycles. The summed E-state index contributed by atoms with van der Waals surface area (Å²) in [4.78, 5) is 4.12. The fourth-order valence-electron chi connectivity index (χ4n) is 0.979. The first-order valence-corrected chi connectivity index (χ1v) is 3.66. The summed E-state index contributed by atoms with van der Waals surface area (Å²) in [6, 6.07) is 10.7. The first-order chi connectivity index (χ1) is 5.36. The van der Waals surface area contributed by atoms with Gasteiger partial charge in [0.2, 0.25) is 0 Å². The van der Waals surface area contributed by atoms with Crippen molar-refractivity contribution in [2.45, 2.75) is 0 Å². The first-order valence-electron chi connectivity index (χ1n) is 3.29. The molecule has 0 fully saturated rings. The van der Waals surface area contributed by atoms with Crippen LogP contribution in [0.3, 0.4) is 0 Å². The molecule has 12 heavy (non-hydrogen) atoms. The van der Waals surface area contributed by atoms with E-state index in [0.717, 1.165) is 10.9 Å². The van der Waals surface area contributed by atoms with Crippen LogP contribution in [0.25, 0.3) is 10.9 Å². The van der Waals surface area contributed by atoms with Crippen LogP contribution in [0.2, 0.25) is 5.02 Å². The Morgan fingerprint density at radius 1 is 1.25 bits per heavy atom. The Hall–Kier alpha value is -0.483. The van der Waals surface area contributed by atoms with E-state index in [1.807, 2.05) is 24.3 Å². The molecule has 0 aliphatic heterocycles. The zero-order valence-electron chi connectivity index (χ0n) is 6.71. The third-order valence-electron chi connectivity index (χ3n) is 1.48. The van der Waals surface area contributed by atoms with E-state index in [0.29, 0.717) is 5.02 Å². The van der Waals surface area contributed by atoms with Crippen LogP contribution < -0.4 is 18.9 Å². The van der Waals surface area contributed by atoms with Gasteiger partial charge in [-0.15, -0.1) is 35.2 Å². The molecule has 3 heteroatoms. The Kier molecular flexibility index (Phi) is 3.17. The Balaban J connectivity index is 0.000000720. The number of para-hydroxylation sites is 1. The van der Waals surface area contributed by atoms with Crippen molar-refractivity contribution in [3.8, 4) is 0 Å². The molecule has 0 N–H and O–H groups in total. The Morgan fingerprint density at radius 2 is 2.00 bits per heavy atom. The molecule has 2 aromatic rings. The summed E-state index contributed by atoms with van der Waals surface area (Å²) in [5.74, 6) is 0. The van der Waals surface area contributed by atoms with E-state index in [1.165, 1.54) is 0 Å². The van der Waals surface area contributed by atoms with E-state index in [9.17, 15) is 0 Å². The minimum absolute atomic E-state index is 0. The summed E-state index contributed by atoms with van der Waals surface area (Å²) in [5, 5.41) is 1.52. The largest absolute Gasteiger partial charge is 1.00 e. The number of hydrogen-bond donors (Lipinski definition) is 0. The minimum atomic E-state index is 0. The van der Waals surface area contributed by atoms with Crippen LogP contribution in [0.5, 0.6) is 0 Å². The third kappa shape index (κ3) is 1.81. The zero-order valence-corrected chi connectivity index (χ0v) is 7.47. The van der Waals surface area contributed by atoms with Gasteiger partial charge in [0.15, 0.2) is 0 Å². The number of halogens is 1. The van der Waals surface area contributed by atoms with Crippen LogP contribution in [0.15, 0.2) is 30.5 Å². The van der Waals surface area contributed by atoms with Crippen molar-refractivity contribution in [2.75, 3.05) is 0 Å². The van der Waals surface area contributed by atoms with E-state index >= 15 is 0 Å². The maximum absolute atomic E-state index is 5.70. The number of benzene rings is 1. The smallest absolute Gasteiger partial charge is 0.351 e. The van der Waals surface area contributed by atoms with Gasteiger partial charge in [-0.25, -0.2) is 0 Å². The van der Waals surface area contributed by atoms with E-state index < -0.39 is 0 Å². The van der Waals surface area contributed by atoms with Crippen molar-refractivity contribution >= 4 is 22.5 Å². The minimum Gasteiger partial charge on any atom is -0.351 e. The molecule has 54 valence electrons. The number of rotatable bonds is 0. The van der Waals surface area contributed by atoms with Crippen LogP contribution >= 0.6 is 11.6 Å². The van der Waals surface area contributed by atoms with Crippen molar-refractivity contribution in [2.24, 2.45) is 0 Å². The molecule has 0 unspecified atom stereocenters. The quantitative estimate of drug-likeness (QED) is 0.390. The van der Waals surface area contributed by atoms with Gasteiger partial charge in [-0.2, -0.15) is 0 Å². The van der Waals surface area contributed by atoms with E-state index in [2.05, 4.69) is 11.1 Å². The fourth-order valence-corrected chi connectivity index (χ4v) is 1.13. The third-order valence-corrected chi connectivity index (χ3v) is 1.67. The van der Waals surface area contributed by atoms with Gasteiger partial charge in [0.1, 0.15) is 0 Å². The van der Waals surface area contributed by atoms with Gasteiger partial charge in [0.05, 0.1) is 0 Å². The van der Waals surface area contributed by atoms with Gasteiger partial charge < -0.3 is 4.98 Å². The Labute approximate surface area is 87.9 Å². The molecule has 0 atom stereocenters. The second-order valence-electron chi connectivity index (χ2n) is 2.25. The van der Waals surface area contributed by atoms with Crippen LogP contribution in [0.1, 0.15) is 0 Å². The van der Waals surface area contributed by atoms with E-state index in [1.54, 1.807) is 6.20 Å². The maximum Gasteiger partial charge on any atom is 1.00 e. The summed E-state index contributed by atoms with van der Waals surface area (Å²) in [7, 11) is 0. The van der Waals surface area contributed by atoms with E-state index in [-0.39, 0.29) is 18.9 Å². The molecule has 0 saturated carbocycles. The average molecular weight is 170 g/mol. The molecule has 1 aromatic heterocycles. The predicted molar refractivity (Wildman–Crippen MR) is 45.6 cm³/mol.